The fourth-order valence-electron chi connectivity index (χ4n) is 2.32. The number of ether oxygens (including phenoxy) is 1. The molecule has 8 nitrogen and oxygen atoms in total. The van der Waals surface area contributed by atoms with Gasteiger partial charge in [0.1, 0.15) is 0 Å². The fraction of sp³-hybridized carbons (Fsp3) is 0.211. The Kier molecular flexibility index (Phi) is 7.40. The quantitative estimate of drug-likeness (QED) is 0.319. The molecule has 10 heteroatoms. The minimum atomic E-state index is -3.85. The van der Waals surface area contributed by atoms with Crippen LogP contribution < -0.4 is 11.1 Å². The summed E-state index contributed by atoms with van der Waals surface area (Å²) in [5, 5.41) is 2.61. The zero-order valence-electron chi connectivity index (χ0n) is 16.1. The number of thioether (sulfide) groups is 1. The third-order valence-electron chi connectivity index (χ3n) is 3.93. The summed E-state index contributed by atoms with van der Waals surface area (Å²) in [6, 6.07) is 9.89. The first-order chi connectivity index (χ1) is 13.7. The van der Waals surface area contributed by atoms with E-state index >= 15 is 0 Å². The van der Waals surface area contributed by atoms with Gasteiger partial charge >= 0.3 is 6.09 Å². The zero-order chi connectivity index (χ0) is 21.6. The highest BCUT2D eigenvalue weighted by molar-refractivity contribution is 8.13. The van der Waals surface area contributed by atoms with Crippen molar-refractivity contribution in [3.8, 4) is 0 Å². The van der Waals surface area contributed by atoms with Crippen LogP contribution in [-0.4, -0.2) is 38.8 Å². The SMILES string of the molecule is CCC(=O)c1ccc(S(=O)(=O)c2ccc(N)c(N=C(NC(=O)OC)SC)c2)cc1. The van der Waals surface area contributed by atoms with E-state index in [2.05, 4.69) is 15.0 Å². The molecule has 0 aliphatic carbocycles. The number of rotatable bonds is 5. The Labute approximate surface area is 173 Å². The second-order valence-corrected chi connectivity index (χ2v) is 8.51. The molecule has 0 atom stereocenters. The Balaban J connectivity index is 2.43. The molecule has 0 radical (unpaired) electrons. The Bertz CT molecular complexity index is 1050. The van der Waals surface area contributed by atoms with Crippen LogP contribution in [0.1, 0.15) is 23.7 Å². The van der Waals surface area contributed by atoms with E-state index < -0.39 is 15.9 Å². The average molecular weight is 436 g/mol. The molecule has 0 aromatic heterocycles. The van der Waals surface area contributed by atoms with Crippen LogP contribution in [0.4, 0.5) is 16.2 Å². The molecule has 2 aromatic carbocycles. The molecule has 0 fully saturated rings. The van der Waals surface area contributed by atoms with Gasteiger partial charge in [-0.2, -0.15) is 0 Å². The summed E-state index contributed by atoms with van der Waals surface area (Å²) in [6.07, 6.45) is 1.32. The predicted octanol–water partition coefficient (Wildman–Crippen LogP) is 3.40. The standard InChI is InChI=1S/C19H21N3O5S2/c1-4-17(23)12-5-7-13(8-6-12)29(25,26)14-9-10-15(20)16(11-14)21-18(28-3)22-19(24)27-2/h5-11H,4,20H2,1-3H3,(H,21,22,24). The number of aliphatic imine (C=N–C) groups is 1. The zero-order valence-corrected chi connectivity index (χ0v) is 17.8. The number of carbonyl (C=O) groups excluding carboxylic acids is 2. The minimum absolute atomic E-state index is 0.0152. The first-order valence-corrected chi connectivity index (χ1v) is 11.2. The molecular formula is C19H21N3O5S2. The van der Waals surface area contributed by atoms with Crippen molar-refractivity contribution in [2.75, 3.05) is 19.1 Å². The number of nitrogen functional groups attached to an aromatic ring is 1. The van der Waals surface area contributed by atoms with Gasteiger partial charge in [-0.25, -0.2) is 18.2 Å². The normalized spacial score (nSPS) is 11.8. The second-order valence-electron chi connectivity index (χ2n) is 5.76. The van der Waals surface area contributed by atoms with Crippen LogP contribution in [0.15, 0.2) is 57.2 Å². The first-order valence-electron chi connectivity index (χ1n) is 8.48. The first kappa shape index (κ1) is 22.4. The number of Topliss-reactive ketones (excluding diaryl/α,β-unsaturated/α-hetero) is 1. The van der Waals surface area contributed by atoms with Crippen molar-refractivity contribution in [2.24, 2.45) is 4.99 Å². The van der Waals surface area contributed by atoms with Crippen molar-refractivity contribution in [3.63, 3.8) is 0 Å². The topological polar surface area (TPSA) is 128 Å². The van der Waals surface area contributed by atoms with Gasteiger partial charge in [0.25, 0.3) is 0 Å². The van der Waals surface area contributed by atoms with Gasteiger partial charge in [0.2, 0.25) is 9.84 Å². The van der Waals surface area contributed by atoms with Crippen LogP contribution in [0.25, 0.3) is 0 Å². The van der Waals surface area contributed by atoms with E-state index in [9.17, 15) is 18.0 Å². The molecular weight excluding hydrogens is 414 g/mol. The van der Waals surface area contributed by atoms with E-state index in [1.54, 1.807) is 13.2 Å². The van der Waals surface area contributed by atoms with Gasteiger partial charge in [0.05, 0.1) is 28.3 Å². The maximum absolute atomic E-state index is 13.0. The van der Waals surface area contributed by atoms with Crippen LogP contribution in [0, 0.1) is 0 Å². The van der Waals surface area contributed by atoms with Gasteiger partial charge in [-0.1, -0.05) is 30.8 Å². The lowest BCUT2D eigenvalue weighted by Crippen LogP contribution is -2.27. The van der Waals surface area contributed by atoms with E-state index in [1.807, 2.05) is 0 Å². The number of nitrogens with one attached hydrogen (secondary N) is 1. The average Bonchev–Trinajstić information content (AvgIpc) is 2.73. The molecule has 0 heterocycles. The highest BCUT2D eigenvalue weighted by atomic mass is 32.2. The highest BCUT2D eigenvalue weighted by Crippen LogP contribution is 2.30. The molecule has 0 aliphatic heterocycles. The molecule has 1 amide bonds. The number of anilines is 1. The number of hydrogen-bond donors (Lipinski definition) is 2. The fourth-order valence-corrected chi connectivity index (χ4v) is 3.98. The number of alkyl carbamates (subject to hydrolysis) is 1. The summed E-state index contributed by atoms with van der Waals surface area (Å²) in [7, 11) is -2.64. The van der Waals surface area contributed by atoms with Crippen LogP contribution in [-0.2, 0) is 14.6 Å². The molecule has 0 aliphatic rings. The molecule has 2 aromatic rings. The summed E-state index contributed by atoms with van der Waals surface area (Å²) in [6.45, 7) is 1.74. The molecule has 3 N–H and O–H groups in total. The predicted molar refractivity (Wildman–Crippen MR) is 114 cm³/mol. The van der Waals surface area contributed by atoms with Crippen molar-refractivity contribution < 1.29 is 22.7 Å². The van der Waals surface area contributed by atoms with Crippen LogP contribution in [0.3, 0.4) is 0 Å². The van der Waals surface area contributed by atoms with E-state index in [0.717, 1.165) is 11.8 Å². The molecule has 0 saturated carbocycles. The number of nitrogens with two attached hydrogens (primary N) is 1. The number of carbonyl (C=O) groups is 2. The van der Waals surface area contributed by atoms with Gasteiger partial charge < -0.3 is 10.5 Å². The number of nitrogens with zero attached hydrogens (tertiary/aromatic N) is 1. The largest absolute Gasteiger partial charge is 0.453 e. The summed E-state index contributed by atoms with van der Waals surface area (Å²) < 4.78 is 30.4. The molecule has 29 heavy (non-hydrogen) atoms. The monoisotopic (exact) mass is 435 g/mol. The molecule has 0 saturated heterocycles. The number of ketones is 1. The Morgan fingerprint density at radius 3 is 2.31 bits per heavy atom. The number of amidine groups is 1. The molecule has 0 unspecified atom stereocenters. The van der Waals surface area contributed by atoms with Gasteiger partial charge in [-0.15, -0.1) is 0 Å². The maximum atomic E-state index is 13.0. The van der Waals surface area contributed by atoms with Crippen molar-refractivity contribution in [3.05, 3.63) is 48.0 Å². The second kappa shape index (κ2) is 9.57. The lowest BCUT2D eigenvalue weighted by Gasteiger charge is -2.09. The van der Waals surface area contributed by atoms with Gasteiger partial charge in [0.15, 0.2) is 11.0 Å². The molecule has 154 valence electrons. The van der Waals surface area contributed by atoms with Gasteiger partial charge in [0, 0.05) is 12.0 Å². The van der Waals surface area contributed by atoms with Gasteiger partial charge in [-0.3, -0.25) is 10.1 Å². The Morgan fingerprint density at radius 2 is 1.76 bits per heavy atom. The Morgan fingerprint density at radius 1 is 1.14 bits per heavy atom. The van der Waals surface area contributed by atoms with Crippen LogP contribution in [0.5, 0.6) is 0 Å². The van der Waals surface area contributed by atoms with E-state index in [1.165, 1.54) is 49.6 Å². The third-order valence-corrected chi connectivity index (χ3v) is 6.28. The van der Waals surface area contributed by atoms with Crippen molar-refractivity contribution in [2.45, 2.75) is 23.1 Å². The van der Waals surface area contributed by atoms with Crippen molar-refractivity contribution >= 4 is 50.0 Å². The molecule has 0 spiro atoms. The number of benzene rings is 2. The lowest BCUT2D eigenvalue weighted by molar-refractivity contribution is 0.0988. The minimum Gasteiger partial charge on any atom is -0.453 e. The summed E-state index contributed by atoms with van der Waals surface area (Å²) >= 11 is 1.13. The highest BCUT2D eigenvalue weighted by Gasteiger charge is 2.19. The number of amides is 1. The summed E-state index contributed by atoms with van der Waals surface area (Å²) in [5.74, 6) is -0.0687. The lowest BCUT2D eigenvalue weighted by atomic mass is 10.1. The molecule has 0 bridgehead atoms. The summed E-state index contributed by atoms with van der Waals surface area (Å²) in [5.41, 5.74) is 6.79. The van der Waals surface area contributed by atoms with Crippen LogP contribution >= 0.6 is 11.8 Å². The molecule has 2 rings (SSSR count). The van der Waals surface area contributed by atoms with Crippen molar-refractivity contribution in [1.82, 2.24) is 5.32 Å². The summed E-state index contributed by atoms with van der Waals surface area (Å²) in [4.78, 5) is 27.4. The van der Waals surface area contributed by atoms with E-state index in [4.69, 9.17) is 5.73 Å². The number of hydrogen-bond acceptors (Lipinski definition) is 8. The number of methoxy groups -OCH3 is 1. The number of sulfone groups is 1. The van der Waals surface area contributed by atoms with E-state index in [0.29, 0.717) is 12.0 Å². The maximum Gasteiger partial charge on any atom is 0.412 e. The van der Waals surface area contributed by atoms with Crippen LogP contribution in [0.2, 0.25) is 0 Å². The van der Waals surface area contributed by atoms with Gasteiger partial charge in [-0.05, 0) is 36.6 Å². The Hall–Kier alpha value is -2.85. The third kappa shape index (κ3) is 5.36. The van der Waals surface area contributed by atoms with E-state index in [-0.39, 0.29) is 32.1 Å². The van der Waals surface area contributed by atoms with Crippen molar-refractivity contribution in [1.29, 1.82) is 0 Å². The smallest absolute Gasteiger partial charge is 0.412 e.